The highest BCUT2D eigenvalue weighted by molar-refractivity contribution is 5.33. The second-order valence-electron chi connectivity index (χ2n) is 5.51. The van der Waals surface area contributed by atoms with Gasteiger partial charge in [0.2, 0.25) is 0 Å². The molecule has 0 spiro atoms. The average Bonchev–Trinajstić information content (AvgIpc) is 3.25. The second-order valence-corrected chi connectivity index (χ2v) is 5.51. The number of nitrogens with zero attached hydrogens (tertiary/aromatic N) is 4. The number of hydrogen-bond acceptors (Lipinski definition) is 3. The first-order chi connectivity index (χ1) is 10.7. The van der Waals surface area contributed by atoms with Gasteiger partial charge in [-0.05, 0) is 43.7 Å². The van der Waals surface area contributed by atoms with Crippen molar-refractivity contribution >= 4 is 0 Å². The molecule has 5 heteroatoms. The van der Waals surface area contributed by atoms with Crippen molar-refractivity contribution in [3.05, 3.63) is 66.7 Å². The van der Waals surface area contributed by atoms with Gasteiger partial charge in [0.25, 0.3) is 0 Å². The van der Waals surface area contributed by atoms with Gasteiger partial charge in [0.1, 0.15) is 0 Å². The fourth-order valence-electron chi connectivity index (χ4n) is 2.39. The minimum Gasteiger partial charge on any atom is -0.308 e. The molecule has 114 valence electrons. The van der Waals surface area contributed by atoms with Crippen molar-refractivity contribution in [3.63, 3.8) is 0 Å². The molecule has 0 radical (unpaired) electrons. The first-order valence-electron chi connectivity index (χ1n) is 7.55. The van der Waals surface area contributed by atoms with Crippen LogP contribution in [0.25, 0.3) is 5.69 Å². The molecule has 2 heterocycles. The first kappa shape index (κ1) is 14.5. The number of benzene rings is 1. The molecule has 3 rings (SSSR count). The Morgan fingerprint density at radius 1 is 1.00 bits per heavy atom. The molecule has 3 aromatic rings. The van der Waals surface area contributed by atoms with Crippen molar-refractivity contribution < 1.29 is 0 Å². The van der Waals surface area contributed by atoms with Crippen molar-refractivity contribution in [3.8, 4) is 5.69 Å². The zero-order chi connectivity index (χ0) is 15.4. The number of aromatic nitrogens is 4. The maximum atomic E-state index is 4.30. The zero-order valence-electron chi connectivity index (χ0n) is 12.9. The highest BCUT2D eigenvalue weighted by Crippen LogP contribution is 2.12. The lowest BCUT2D eigenvalue weighted by Crippen LogP contribution is -2.33. The van der Waals surface area contributed by atoms with Crippen LogP contribution in [0.5, 0.6) is 0 Å². The summed E-state index contributed by atoms with van der Waals surface area (Å²) < 4.78 is 3.85. The summed E-state index contributed by atoms with van der Waals surface area (Å²) in [6, 6.07) is 13.0. The standard InChI is InChI=1S/C17H21N5/c1-14(15(2)21-11-3-9-19-21)18-13-16-5-7-17(8-6-16)22-12-4-10-20-22/h3-12,14-15,18H,13H2,1-2H3/t14-,15-/m1/s1. The number of rotatable bonds is 6. The van der Waals surface area contributed by atoms with Gasteiger partial charge in [0.15, 0.2) is 0 Å². The molecule has 2 aromatic heterocycles. The topological polar surface area (TPSA) is 47.7 Å². The van der Waals surface area contributed by atoms with E-state index in [1.165, 1.54) is 5.56 Å². The van der Waals surface area contributed by atoms with Crippen LogP contribution < -0.4 is 5.32 Å². The van der Waals surface area contributed by atoms with Gasteiger partial charge in [0, 0.05) is 37.4 Å². The van der Waals surface area contributed by atoms with Gasteiger partial charge in [-0.15, -0.1) is 0 Å². The molecule has 1 N–H and O–H groups in total. The molecule has 2 atom stereocenters. The van der Waals surface area contributed by atoms with Crippen molar-refractivity contribution in [1.82, 2.24) is 24.9 Å². The minimum absolute atomic E-state index is 0.318. The van der Waals surface area contributed by atoms with Crippen LogP contribution in [0, 0.1) is 0 Å². The molecule has 0 amide bonds. The molecule has 0 saturated carbocycles. The van der Waals surface area contributed by atoms with Crippen LogP contribution in [0.2, 0.25) is 0 Å². The monoisotopic (exact) mass is 295 g/mol. The van der Waals surface area contributed by atoms with Crippen molar-refractivity contribution in [1.29, 1.82) is 0 Å². The molecule has 22 heavy (non-hydrogen) atoms. The van der Waals surface area contributed by atoms with E-state index in [1.54, 1.807) is 6.20 Å². The summed E-state index contributed by atoms with van der Waals surface area (Å²) in [6.45, 7) is 5.20. The summed E-state index contributed by atoms with van der Waals surface area (Å²) in [5.74, 6) is 0. The fraction of sp³-hybridized carbons (Fsp3) is 0.294. The number of hydrogen-bond donors (Lipinski definition) is 1. The Bertz CT molecular complexity index is 670. The third kappa shape index (κ3) is 3.26. The molecule has 0 aliphatic heterocycles. The van der Waals surface area contributed by atoms with Crippen LogP contribution in [-0.4, -0.2) is 25.6 Å². The molecule has 0 unspecified atom stereocenters. The van der Waals surface area contributed by atoms with E-state index >= 15 is 0 Å². The number of nitrogens with one attached hydrogen (secondary N) is 1. The molecule has 0 aliphatic rings. The lowest BCUT2D eigenvalue weighted by atomic mass is 10.1. The van der Waals surface area contributed by atoms with Crippen LogP contribution >= 0.6 is 0 Å². The molecule has 0 bridgehead atoms. The maximum absolute atomic E-state index is 4.30. The Morgan fingerprint density at radius 2 is 1.73 bits per heavy atom. The van der Waals surface area contributed by atoms with E-state index in [1.807, 2.05) is 40.1 Å². The fourth-order valence-corrected chi connectivity index (χ4v) is 2.39. The van der Waals surface area contributed by atoms with E-state index in [0.717, 1.165) is 12.2 Å². The summed E-state index contributed by atoms with van der Waals surface area (Å²) in [6.07, 6.45) is 7.55. The molecular formula is C17H21N5. The first-order valence-corrected chi connectivity index (χ1v) is 7.55. The summed E-state index contributed by atoms with van der Waals surface area (Å²) >= 11 is 0. The van der Waals surface area contributed by atoms with Gasteiger partial charge in [-0.25, -0.2) is 4.68 Å². The third-order valence-corrected chi connectivity index (χ3v) is 4.00. The molecule has 0 saturated heterocycles. The molecular weight excluding hydrogens is 274 g/mol. The van der Waals surface area contributed by atoms with Crippen LogP contribution in [0.15, 0.2) is 61.2 Å². The van der Waals surface area contributed by atoms with Crippen LogP contribution in [0.1, 0.15) is 25.5 Å². The van der Waals surface area contributed by atoms with Crippen molar-refractivity contribution in [2.45, 2.75) is 32.5 Å². The molecule has 0 aliphatic carbocycles. The average molecular weight is 295 g/mol. The molecule has 1 aromatic carbocycles. The molecule has 5 nitrogen and oxygen atoms in total. The van der Waals surface area contributed by atoms with E-state index in [2.05, 4.69) is 53.6 Å². The lowest BCUT2D eigenvalue weighted by Gasteiger charge is -2.22. The van der Waals surface area contributed by atoms with E-state index in [-0.39, 0.29) is 0 Å². The molecule has 0 fully saturated rings. The summed E-state index contributed by atoms with van der Waals surface area (Å²) in [5.41, 5.74) is 2.34. The zero-order valence-corrected chi connectivity index (χ0v) is 12.9. The van der Waals surface area contributed by atoms with E-state index in [9.17, 15) is 0 Å². The van der Waals surface area contributed by atoms with Crippen molar-refractivity contribution in [2.75, 3.05) is 0 Å². The Kier molecular flexibility index (Phi) is 4.34. The van der Waals surface area contributed by atoms with Gasteiger partial charge in [-0.1, -0.05) is 12.1 Å². The maximum Gasteiger partial charge on any atom is 0.0645 e. The summed E-state index contributed by atoms with van der Waals surface area (Å²) in [4.78, 5) is 0. The van der Waals surface area contributed by atoms with Crippen LogP contribution in [-0.2, 0) is 6.54 Å². The van der Waals surface area contributed by atoms with Gasteiger partial charge in [0.05, 0.1) is 11.7 Å². The SMILES string of the molecule is C[C@H]([C@@H](C)NCc1ccc(-n2cccn2)cc1)n1cccn1. The smallest absolute Gasteiger partial charge is 0.0645 e. The van der Waals surface area contributed by atoms with E-state index in [4.69, 9.17) is 0 Å². The van der Waals surface area contributed by atoms with Gasteiger partial charge in [-0.3, -0.25) is 4.68 Å². The summed E-state index contributed by atoms with van der Waals surface area (Å²) in [7, 11) is 0. The predicted octanol–water partition coefficient (Wildman–Crippen LogP) is 2.81. The Balaban J connectivity index is 1.57. The van der Waals surface area contributed by atoms with Crippen LogP contribution in [0.4, 0.5) is 0 Å². The highest BCUT2D eigenvalue weighted by atomic mass is 15.3. The van der Waals surface area contributed by atoms with Crippen molar-refractivity contribution in [2.24, 2.45) is 0 Å². The van der Waals surface area contributed by atoms with E-state index < -0.39 is 0 Å². The quantitative estimate of drug-likeness (QED) is 0.760. The Hall–Kier alpha value is -2.40. The van der Waals surface area contributed by atoms with Gasteiger partial charge < -0.3 is 5.32 Å². The van der Waals surface area contributed by atoms with Gasteiger partial charge >= 0.3 is 0 Å². The predicted molar refractivity (Wildman–Crippen MR) is 86.8 cm³/mol. The van der Waals surface area contributed by atoms with E-state index in [0.29, 0.717) is 12.1 Å². The second kappa shape index (κ2) is 6.58. The largest absolute Gasteiger partial charge is 0.308 e. The summed E-state index contributed by atoms with van der Waals surface area (Å²) in [5, 5.41) is 12.1. The Morgan fingerprint density at radius 3 is 2.36 bits per heavy atom. The minimum atomic E-state index is 0.318. The third-order valence-electron chi connectivity index (χ3n) is 4.00. The lowest BCUT2D eigenvalue weighted by molar-refractivity contribution is 0.365. The van der Waals surface area contributed by atoms with Gasteiger partial charge in [-0.2, -0.15) is 10.2 Å². The Labute approximate surface area is 130 Å². The van der Waals surface area contributed by atoms with Crippen LogP contribution in [0.3, 0.4) is 0 Å². The highest BCUT2D eigenvalue weighted by Gasteiger charge is 2.13. The normalized spacial score (nSPS) is 13.9.